The van der Waals surface area contributed by atoms with Gasteiger partial charge in [-0.05, 0) is 30.9 Å². The van der Waals surface area contributed by atoms with E-state index in [4.69, 9.17) is 16.7 Å². The minimum absolute atomic E-state index is 0.304. The normalized spacial score (nSPS) is 13.7. The largest absolute Gasteiger partial charge is 0.481 e. The van der Waals surface area contributed by atoms with Crippen LogP contribution in [0.25, 0.3) is 10.8 Å². The fourth-order valence-corrected chi connectivity index (χ4v) is 2.42. The van der Waals surface area contributed by atoms with E-state index in [1.165, 1.54) is 6.92 Å². The smallest absolute Gasteiger partial charge is 0.315 e. The van der Waals surface area contributed by atoms with Gasteiger partial charge in [-0.2, -0.15) is 0 Å². The van der Waals surface area contributed by atoms with Crippen LogP contribution >= 0.6 is 11.6 Å². The van der Waals surface area contributed by atoms with Crippen LogP contribution in [-0.4, -0.2) is 17.0 Å². The van der Waals surface area contributed by atoms with E-state index in [1.54, 1.807) is 6.07 Å². The fourth-order valence-electron chi connectivity index (χ4n) is 2.19. The molecular formula is C16H16ClNO3. The Hall–Kier alpha value is -2.07. The Bertz CT molecular complexity index is 699. The number of hydrogen-bond donors (Lipinski definition) is 2. The van der Waals surface area contributed by atoms with E-state index < -0.39 is 17.8 Å². The van der Waals surface area contributed by atoms with Crippen molar-refractivity contribution in [2.75, 3.05) is 0 Å². The van der Waals surface area contributed by atoms with Gasteiger partial charge < -0.3 is 10.4 Å². The Morgan fingerprint density at radius 3 is 2.33 bits per heavy atom. The maximum absolute atomic E-state index is 11.9. The maximum atomic E-state index is 11.9. The van der Waals surface area contributed by atoms with Gasteiger partial charge in [0.2, 0.25) is 5.91 Å². The van der Waals surface area contributed by atoms with Crippen LogP contribution < -0.4 is 5.32 Å². The SMILES string of the molecule is CC(C(=O)O)C(=O)NC(C)c1ccc(Cl)c2ccccc12. The summed E-state index contributed by atoms with van der Waals surface area (Å²) in [7, 11) is 0. The number of carbonyl (C=O) groups excluding carboxylic acids is 1. The molecule has 0 aliphatic carbocycles. The topological polar surface area (TPSA) is 66.4 Å². The molecule has 0 aromatic heterocycles. The van der Waals surface area contributed by atoms with E-state index in [9.17, 15) is 9.59 Å². The molecule has 4 nitrogen and oxygen atoms in total. The summed E-state index contributed by atoms with van der Waals surface area (Å²) in [6.07, 6.45) is 0. The number of fused-ring (bicyclic) bond motifs is 1. The minimum Gasteiger partial charge on any atom is -0.481 e. The van der Waals surface area contributed by atoms with E-state index in [1.807, 2.05) is 37.3 Å². The van der Waals surface area contributed by atoms with Gasteiger partial charge >= 0.3 is 5.97 Å². The quantitative estimate of drug-likeness (QED) is 0.851. The van der Waals surface area contributed by atoms with E-state index >= 15 is 0 Å². The molecule has 0 saturated heterocycles. The Morgan fingerprint density at radius 1 is 1.10 bits per heavy atom. The molecule has 2 unspecified atom stereocenters. The van der Waals surface area contributed by atoms with Gasteiger partial charge in [0.05, 0.1) is 6.04 Å². The third-order valence-electron chi connectivity index (χ3n) is 3.49. The molecule has 0 aliphatic heterocycles. The van der Waals surface area contributed by atoms with E-state index in [0.717, 1.165) is 16.3 Å². The van der Waals surface area contributed by atoms with Gasteiger partial charge in [0.15, 0.2) is 0 Å². The molecule has 2 aromatic carbocycles. The zero-order chi connectivity index (χ0) is 15.6. The third kappa shape index (κ3) is 3.16. The van der Waals surface area contributed by atoms with Gasteiger partial charge in [-0.1, -0.05) is 41.9 Å². The summed E-state index contributed by atoms with van der Waals surface area (Å²) < 4.78 is 0. The lowest BCUT2D eigenvalue weighted by Crippen LogP contribution is -2.35. The van der Waals surface area contributed by atoms with Crippen molar-refractivity contribution in [3.8, 4) is 0 Å². The van der Waals surface area contributed by atoms with Crippen LogP contribution in [0.3, 0.4) is 0 Å². The predicted octanol–water partition coefficient (Wildman–Crippen LogP) is 3.39. The van der Waals surface area contributed by atoms with Gasteiger partial charge in [0.25, 0.3) is 0 Å². The molecular weight excluding hydrogens is 290 g/mol. The highest BCUT2D eigenvalue weighted by Gasteiger charge is 2.22. The molecule has 2 rings (SSSR count). The van der Waals surface area contributed by atoms with Crippen LogP contribution in [0.15, 0.2) is 36.4 Å². The number of carbonyl (C=O) groups is 2. The van der Waals surface area contributed by atoms with Crippen molar-refractivity contribution in [1.82, 2.24) is 5.32 Å². The second-order valence-corrected chi connectivity index (χ2v) is 5.38. The number of rotatable bonds is 4. The highest BCUT2D eigenvalue weighted by molar-refractivity contribution is 6.35. The number of benzene rings is 2. The van der Waals surface area contributed by atoms with Crippen molar-refractivity contribution in [2.45, 2.75) is 19.9 Å². The van der Waals surface area contributed by atoms with Crippen molar-refractivity contribution in [3.63, 3.8) is 0 Å². The van der Waals surface area contributed by atoms with Crippen LogP contribution in [0.4, 0.5) is 0 Å². The number of hydrogen-bond acceptors (Lipinski definition) is 2. The molecule has 0 radical (unpaired) electrons. The zero-order valence-electron chi connectivity index (χ0n) is 11.8. The summed E-state index contributed by atoms with van der Waals surface area (Å²) >= 11 is 6.17. The van der Waals surface area contributed by atoms with E-state index in [0.29, 0.717) is 5.02 Å². The first-order valence-corrected chi connectivity index (χ1v) is 7.00. The molecule has 21 heavy (non-hydrogen) atoms. The number of nitrogens with one attached hydrogen (secondary N) is 1. The standard InChI is InChI=1S/C16H16ClNO3/c1-9(16(20)21)15(19)18-10(2)11-7-8-14(17)13-6-4-3-5-12(11)13/h3-10H,1-2H3,(H,18,19)(H,20,21). The van der Waals surface area contributed by atoms with Crippen LogP contribution in [0.2, 0.25) is 5.02 Å². The number of amides is 1. The maximum Gasteiger partial charge on any atom is 0.315 e. The molecule has 2 aromatic rings. The number of carboxylic acid groups (broad SMARTS) is 1. The van der Waals surface area contributed by atoms with Crippen molar-refractivity contribution in [2.24, 2.45) is 5.92 Å². The van der Waals surface area contributed by atoms with Crippen LogP contribution in [0, 0.1) is 5.92 Å². The van der Waals surface area contributed by atoms with Crippen LogP contribution in [0.5, 0.6) is 0 Å². The molecule has 0 saturated carbocycles. The van der Waals surface area contributed by atoms with Crippen molar-refractivity contribution < 1.29 is 14.7 Å². The average Bonchev–Trinajstić information content (AvgIpc) is 2.46. The van der Waals surface area contributed by atoms with Crippen LogP contribution in [0.1, 0.15) is 25.5 Å². The molecule has 0 fully saturated rings. The summed E-state index contributed by atoms with van der Waals surface area (Å²) in [6, 6.07) is 11.0. The summed E-state index contributed by atoms with van der Waals surface area (Å²) in [5, 5.41) is 14.1. The number of aliphatic carboxylic acids is 1. The molecule has 1 amide bonds. The lowest BCUT2D eigenvalue weighted by molar-refractivity contribution is -0.146. The summed E-state index contributed by atoms with van der Waals surface area (Å²) in [4.78, 5) is 22.7. The monoisotopic (exact) mass is 305 g/mol. The van der Waals surface area contributed by atoms with E-state index in [-0.39, 0.29) is 6.04 Å². The first-order valence-electron chi connectivity index (χ1n) is 6.62. The summed E-state index contributed by atoms with van der Waals surface area (Å²) in [5.41, 5.74) is 0.904. The molecule has 5 heteroatoms. The van der Waals surface area contributed by atoms with Gasteiger partial charge in [0.1, 0.15) is 5.92 Å². The molecule has 0 bridgehead atoms. The Kier molecular flexibility index (Phi) is 4.48. The van der Waals surface area contributed by atoms with Gasteiger partial charge in [-0.25, -0.2) is 0 Å². The fraction of sp³-hybridized carbons (Fsp3) is 0.250. The zero-order valence-corrected chi connectivity index (χ0v) is 12.5. The predicted molar refractivity (Wildman–Crippen MR) is 82.3 cm³/mol. The molecule has 0 spiro atoms. The molecule has 0 aliphatic rings. The second kappa shape index (κ2) is 6.14. The minimum atomic E-state index is -1.14. The highest BCUT2D eigenvalue weighted by Crippen LogP contribution is 2.29. The lowest BCUT2D eigenvalue weighted by Gasteiger charge is -2.18. The molecule has 0 heterocycles. The second-order valence-electron chi connectivity index (χ2n) is 4.97. The Balaban J connectivity index is 2.32. The van der Waals surface area contributed by atoms with E-state index in [2.05, 4.69) is 5.32 Å². The Labute approximate surface area is 127 Å². The average molecular weight is 306 g/mol. The van der Waals surface area contributed by atoms with Gasteiger partial charge in [-0.15, -0.1) is 0 Å². The lowest BCUT2D eigenvalue weighted by atomic mass is 9.99. The Morgan fingerprint density at radius 2 is 1.71 bits per heavy atom. The molecule has 2 N–H and O–H groups in total. The van der Waals surface area contributed by atoms with Crippen LogP contribution in [-0.2, 0) is 9.59 Å². The van der Waals surface area contributed by atoms with Gasteiger partial charge in [0, 0.05) is 10.4 Å². The first kappa shape index (κ1) is 15.3. The first-order chi connectivity index (χ1) is 9.91. The van der Waals surface area contributed by atoms with Crippen molar-refractivity contribution >= 4 is 34.2 Å². The third-order valence-corrected chi connectivity index (χ3v) is 3.82. The molecule has 110 valence electrons. The van der Waals surface area contributed by atoms with Crippen molar-refractivity contribution in [1.29, 1.82) is 0 Å². The number of halogens is 1. The van der Waals surface area contributed by atoms with Gasteiger partial charge in [-0.3, -0.25) is 9.59 Å². The van der Waals surface area contributed by atoms with Crippen molar-refractivity contribution in [3.05, 3.63) is 47.0 Å². The molecule has 2 atom stereocenters. The number of carboxylic acids is 1. The summed E-state index contributed by atoms with van der Waals surface area (Å²) in [6.45, 7) is 3.19. The highest BCUT2D eigenvalue weighted by atomic mass is 35.5. The summed E-state index contributed by atoms with van der Waals surface area (Å²) in [5.74, 6) is -2.72.